The quantitative estimate of drug-likeness (QED) is 0.458. The van der Waals surface area contributed by atoms with Gasteiger partial charge in [0.25, 0.3) is 0 Å². The Morgan fingerprint density at radius 1 is 0.889 bits per heavy atom. The number of ether oxygens (including phenoxy) is 1. The molecule has 2 heterocycles. The summed E-state index contributed by atoms with van der Waals surface area (Å²) in [6.07, 6.45) is 4.21. The molecule has 6 nitrogen and oxygen atoms in total. The number of para-hydroxylation sites is 3. The molecule has 0 unspecified atom stereocenters. The standard InChI is InChI=1S/C11H14N2O.C10H13N3/c1-2-14-8-7-13-9-12-10-5-3-4-6-11(10)13;1-2-3-8-13-10-7-5-4-6-9(10)11-12-13/h3-6,9H,2,7-8H2,1H3;4-7H,2-3,8H2,1H3. The van der Waals surface area contributed by atoms with Gasteiger partial charge in [-0.1, -0.05) is 42.8 Å². The van der Waals surface area contributed by atoms with Gasteiger partial charge in [0.15, 0.2) is 0 Å². The van der Waals surface area contributed by atoms with Crippen molar-refractivity contribution in [2.45, 2.75) is 39.8 Å². The summed E-state index contributed by atoms with van der Waals surface area (Å²) < 4.78 is 9.39. The monoisotopic (exact) mass is 365 g/mol. The predicted molar refractivity (Wildman–Crippen MR) is 109 cm³/mol. The van der Waals surface area contributed by atoms with E-state index in [1.54, 1.807) is 0 Å². The Morgan fingerprint density at radius 3 is 2.41 bits per heavy atom. The van der Waals surface area contributed by atoms with E-state index in [1.807, 2.05) is 54.3 Å². The number of unbranched alkanes of at least 4 members (excludes halogenated alkanes) is 1. The maximum Gasteiger partial charge on any atom is 0.113 e. The molecule has 6 heteroatoms. The molecular weight excluding hydrogens is 338 g/mol. The molecule has 0 spiro atoms. The third-order valence-electron chi connectivity index (χ3n) is 4.35. The molecule has 0 amide bonds. The van der Waals surface area contributed by atoms with Crippen molar-refractivity contribution in [1.29, 1.82) is 0 Å². The van der Waals surface area contributed by atoms with Crippen LogP contribution in [0.1, 0.15) is 26.7 Å². The molecule has 0 saturated heterocycles. The molecule has 4 aromatic rings. The number of hydrogen-bond acceptors (Lipinski definition) is 4. The number of fused-ring (bicyclic) bond motifs is 2. The normalized spacial score (nSPS) is 10.9. The van der Waals surface area contributed by atoms with Crippen LogP contribution in [-0.4, -0.2) is 37.8 Å². The summed E-state index contributed by atoms with van der Waals surface area (Å²) in [6, 6.07) is 16.2. The van der Waals surface area contributed by atoms with Crippen LogP contribution in [0.5, 0.6) is 0 Å². The number of benzene rings is 2. The Kier molecular flexibility index (Phi) is 6.93. The first-order valence-electron chi connectivity index (χ1n) is 9.59. The highest BCUT2D eigenvalue weighted by molar-refractivity contribution is 5.75. The van der Waals surface area contributed by atoms with Crippen LogP contribution in [0.4, 0.5) is 0 Å². The van der Waals surface area contributed by atoms with Gasteiger partial charge >= 0.3 is 0 Å². The van der Waals surface area contributed by atoms with Crippen LogP contribution in [0, 0.1) is 0 Å². The summed E-state index contributed by atoms with van der Waals surface area (Å²) in [4.78, 5) is 4.30. The van der Waals surface area contributed by atoms with Gasteiger partial charge in [0.1, 0.15) is 5.52 Å². The third-order valence-corrected chi connectivity index (χ3v) is 4.35. The lowest BCUT2D eigenvalue weighted by Gasteiger charge is -2.03. The zero-order valence-electron chi connectivity index (χ0n) is 16.1. The SMILES string of the molecule is CCCCn1nnc2ccccc21.CCOCCn1cnc2ccccc21. The van der Waals surface area contributed by atoms with E-state index in [9.17, 15) is 0 Å². The van der Waals surface area contributed by atoms with E-state index in [1.165, 1.54) is 11.9 Å². The van der Waals surface area contributed by atoms with E-state index >= 15 is 0 Å². The molecule has 142 valence electrons. The number of aryl methyl sites for hydroxylation is 1. The van der Waals surface area contributed by atoms with Crippen LogP contribution in [0.2, 0.25) is 0 Å². The molecule has 0 saturated carbocycles. The van der Waals surface area contributed by atoms with E-state index in [-0.39, 0.29) is 0 Å². The van der Waals surface area contributed by atoms with Crippen LogP contribution in [0.3, 0.4) is 0 Å². The number of nitrogens with zero attached hydrogens (tertiary/aromatic N) is 5. The number of rotatable bonds is 7. The van der Waals surface area contributed by atoms with Crippen molar-refractivity contribution in [3.05, 3.63) is 54.9 Å². The van der Waals surface area contributed by atoms with Gasteiger partial charge in [-0.3, -0.25) is 0 Å². The second-order valence-electron chi connectivity index (χ2n) is 6.28. The molecule has 2 aromatic heterocycles. The van der Waals surface area contributed by atoms with Gasteiger partial charge in [-0.2, -0.15) is 0 Å². The zero-order valence-corrected chi connectivity index (χ0v) is 16.1. The molecule has 0 aliphatic heterocycles. The van der Waals surface area contributed by atoms with E-state index in [2.05, 4.69) is 38.9 Å². The molecule has 0 bridgehead atoms. The minimum Gasteiger partial charge on any atom is -0.380 e. The Labute approximate surface area is 159 Å². The van der Waals surface area contributed by atoms with Gasteiger partial charge in [0, 0.05) is 19.7 Å². The van der Waals surface area contributed by atoms with Gasteiger partial charge in [-0.25, -0.2) is 9.67 Å². The molecule has 0 aliphatic carbocycles. The fourth-order valence-corrected chi connectivity index (χ4v) is 2.89. The van der Waals surface area contributed by atoms with E-state index < -0.39 is 0 Å². The summed E-state index contributed by atoms with van der Waals surface area (Å²) in [5.41, 5.74) is 4.34. The Morgan fingerprint density at radius 2 is 1.63 bits per heavy atom. The second kappa shape index (κ2) is 9.83. The Balaban J connectivity index is 0.000000156. The summed E-state index contributed by atoms with van der Waals surface area (Å²) in [7, 11) is 0. The molecule has 4 rings (SSSR count). The lowest BCUT2D eigenvalue weighted by Crippen LogP contribution is -2.04. The van der Waals surface area contributed by atoms with Crippen molar-refractivity contribution in [3.8, 4) is 0 Å². The highest BCUT2D eigenvalue weighted by atomic mass is 16.5. The molecule has 0 atom stereocenters. The smallest absolute Gasteiger partial charge is 0.113 e. The minimum absolute atomic E-state index is 0.747. The molecule has 0 fully saturated rings. The van der Waals surface area contributed by atoms with Crippen LogP contribution >= 0.6 is 0 Å². The zero-order chi connectivity index (χ0) is 18.9. The maximum absolute atomic E-state index is 5.31. The number of hydrogen-bond donors (Lipinski definition) is 0. The van der Waals surface area contributed by atoms with E-state index in [4.69, 9.17) is 4.74 Å². The maximum atomic E-state index is 5.31. The summed E-state index contributed by atoms with van der Waals surface area (Å²) in [5, 5.41) is 8.18. The molecule has 0 radical (unpaired) electrons. The molecule has 0 aliphatic rings. The van der Waals surface area contributed by atoms with Crippen molar-refractivity contribution in [2.24, 2.45) is 0 Å². The van der Waals surface area contributed by atoms with Crippen LogP contribution < -0.4 is 0 Å². The highest BCUT2D eigenvalue weighted by Crippen LogP contribution is 2.11. The average molecular weight is 365 g/mol. The first-order valence-corrected chi connectivity index (χ1v) is 9.59. The molecule has 0 N–H and O–H groups in total. The van der Waals surface area contributed by atoms with Crippen molar-refractivity contribution >= 4 is 22.1 Å². The van der Waals surface area contributed by atoms with Crippen LogP contribution in [0.25, 0.3) is 22.1 Å². The van der Waals surface area contributed by atoms with Gasteiger partial charge in [0.2, 0.25) is 0 Å². The Hall–Kier alpha value is -2.73. The van der Waals surface area contributed by atoms with Gasteiger partial charge in [-0.05, 0) is 37.6 Å². The number of aromatic nitrogens is 5. The van der Waals surface area contributed by atoms with Crippen LogP contribution in [-0.2, 0) is 17.8 Å². The topological polar surface area (TPSA) is 57.8 Å². The minimum atomic E-state index is 0.747. The van der Waals surface area contributed by atoms with Crippen molar-refractivity contribution < 1.29 is 4.74 Å². The second-order valence-corrected chi connectivity index (χ2v) is 6.28. The molecule has 2 aromatic carbocycles. The first-order chi connectivity index (χ1) is 13.3. The average Bonchev–Trinajstić information content (AvgIpc) is 3.31. The van der Waals surface area contributed by atoms with Crippen molar-refractivity contribution in [1.82, 2.24) is 24.5 Å². The van der Waals surface area contributed by atoms with E-state index in [0.717, 1.165) is 49.3 Å². The highest BCUT2D eigenvalue weighted by Gasteiger charge is 2.01. The van der Waals surface area contributed by atoms with Gasteiger partial charge in [0.05, 0.1) is 29.5 Å². The van der Waals surface area contributed by atoms with Gasteiger partial charge < -0.3 is 9.30 Å². The lowest BCUT2D eigenvalue weighted by molar-refractivity contribution is 0.140. The predicted octanol–water partition coefficient (Wildman–Crippen LogP) is 4.30. The third kappa shape index (κ3) is 4.92. The first kappa shape index (κ1) is 19.0. The van der Waals surface area contributed by atoms with Crippen molar-refractivity contribution in [2.75, 3.05) is 13.2 Å². The summed E-state index contributed by atoms with van der Waals surface area (Å²) >= 11 is 0. The van der Waals surface area contributed by atoms with Crippen LogP contribution in [0.15, 0.2) is 54.9 Å². The number of imidazole rings is 1. The van der Waals surface area contributed by atoms with Crippen molar-refractivity contribution in [3.63, 3.8) is 0 Å². The fraction of sp³-hybridized carbons (Fsp3) is 0.381. The van der Waals surface area contributed by atoms with Gasteiger partial charge in [-0.15, -0.1) is 5.10 Å². The summed E-state index contributed by atoms with van der Waals surface area (Å²) in [6.45, 7) is 7.54. The lowest BCUT2D eigenvalue weighted by atomic mass is 10.3. The van der Waals surface area contributed by atoms with E-state index in [0.29, 0.717) is 0 Å². The Bertz CT molecular complexity index is 959. The fourth-order valence-electron chi connectivity index (χ4n) is 2.89. The largest absolute Gasteiger partial charge is 0.380 e. The molecule has 27 heavy (non-hydrogen) atoms. The molecular formula is C21H27N5O. The summed E-state index contributed by atoms with van der Waals surface area (Å²) in [5.74, 6) is 0.